The highest BCUT2D eigenvalue weighted by Crippen LogP contribution is 2.18. The molecule has 0 radical (unpaired) electrons. The quantitative estimate of drug-likeness (QED) is 0.857. The standard InChI is InChI=1S/C14H18N2O/c1-11(7-9-17-2)16-13-5-6-14-12(10-13)4-3-8-15-14/h3-6,8,10-11,16H,7,9H2,1-2H3. The molecule has 0 bridgehead atoms. The fraction of sp³-hybridized carbons (Fsp3) is 0.357. The van der Waals surface area contributed by atoms with Gasteiger partial charge < -0.3 is 10.1 Å². The maximum Gasteiger partial charge on any atom is 0.0703 e. The average molecular weight is 230 g/mol. The van der Waals surface area contributed by atoms with E-state index in [2.05, 4.69) is 35.4 Å². The summed E-state index contributed by atoms with van der Waals surface area (Å²) >= 11 is 0. The van der Waals surface area contributed by atoms with Crippen molar-refractivity contribution in [2.24, 2.45) is 0 Å². The van der Waals surface area contributed by atoms with Gasteiger partial charge in [0, 0.05) is 37.0 Å². The monoisotopic (exact) mass is 230 g/mol. The SMILES string of the molecule is COCCC(C)Nc1ccc2ncccc2c1. The molecule has 1 aromatic heterocycles. The molecule has 0 spiro atoms. The van der Waals surface area contributed by atoms with E-state index in [4.69, 9.17) is 4.74 Å². The van der Waals surface area contributed by atoms with E-state index in [0.717, 1.165) is 29.6 Å². The largest absolute Gasteiger partial charge is 0.385 e. The molecule has 3 nitrogen and oxygen atoms in total. The Hall–Kier alpha value is -1.61. The normalized spacial score (nSPS) is 12.6. The van der Waals surface area contributed by atoms with Crippen molar-refractivity contribution in [1.29, 1.82) is 0 Å². The van der Waals surface area contributed by atoms with Gasteiger partial charge in [-0.3, -0.25) is 4.98 Å². The van der Waals surface area contributed by atoms with Crippen LogP contribution in [0.4, 0.5) is 5.69 Å². The Kier molecular flexibility index (Phi) is 3.94. The molecule has 1 heterocycles. The van der Waals surface area contributed by atoms with Crippen molar-refractivity contribution in [2.45, 2.75) is 19.4 Å². The predicted molar refractivity (Wildman–Crippen MR) is 71.3 cm³/mol. The van der Waals surface area contributed by atoms with Crippen LogP contribution in [-0.4, -0.2) is 24.7 Å². The lowest BCUT2D eigenvalue weighted by Gasteiger charge is -2.15. The summed E-state index contributed by atoms with van der Waals surface area (Å²) in [5.41, 5.74) is 2.16. The van der Waals surface area contributed by atoms with Gasteiger partial charge in [0.15, 0.2) is 0 Å². The number of nitrogens with one attached hydrogen (secondary N) is 1. The third kappa shape index (κ3) is 3.17. The summed E-state index contributed by atoms with van der Waals surface area (Å²) in [7, 11) is 1.73. The number of aromatic nitrogens is 1. The highest BCUT2D eigenvalue weighted by molar-refractivity contribution is 5.82. The van der Waals surface area contributed by atoms with Crippen LogP contribution in [0.2, 0.25) is 0 Å². The topological polar surface area (TPSA) is 34.1 Å². The van der Waals surface area contributed by atoms with Crippen molar-refractivity contribution in [2.75, 3.05) is 19.0 Å². The molecule has 0 amide bonds. The molecule has 1 atom stereocenters. The molecule has 0 aliphatic heterocycles. The lowest BCUT2D eigenvalue weighted by atomic mass is 10.1. The molecule has 1 aromatic carbocycles. The summed E-state index contributed by atoms with van der Waals surface area (Å²) < 4.78 is 5.07. The van der Waals surface area contributed by atoms with Crippen LogP contribution < -0.4 is 5.32 Å². The van der Waals surface area contributed by atoms with Crippen LogP contribution in [0, 0.1) is 0 Å². The molecule has 1 unspecified atom stereocenters. The van der Waals surface area contributed by atoms with Crippen molar-refractivity contribution in [3.63, 3.8) is 0 Å². The second-order valence-corrected chi connectivity index (χ2v) is 4.24. The summed E-state index contributed by atoms with van der Waals surface area (Å²) in [6.07, 6.45) is 2.82. The van der Waals surface area contributed by atoms with Crippen molar-refractivity contribution in [1.82, 2.24) is 4.98 Å². The van der Waals surface area contributed by atoms with Gasteiger partial charge in [-0.15, -0.1) is 0 Å². The van der Waals surface area contributed by atoms with Gasteiger partial charge in [0.05, 0.1) is 5.52 Å². The Labute approximate surface area is 102 Å². The van der Waals surface area contributed by atoms with Gasteiger partial charge in [0.1, 0.15) is 0 Å². The van der Waals surface area contributed by atoms with Gasteiger partial charge in [0.2, 0.25) is 0 Å². The molecule has 2 aromatic rings. The number of rotatable bonds is 5. The molecule has 17 heavy (non-hydrogen) atoms. The zero-order chi connectivity index (χ0) is 12.1. The first-order valence-corrected chi connectivity index (χ1v) is 5.90. The van der Waals surface area contributed by atoms with Crippen LogP contribution in [0.1, 0.15) is 13.3 Å². The van der Waals surface area contributed by atoms with Crippen LogP contribution >= 0.6 is 0 Å². The number of hydrogen-bond acceptors (Lipinski definition) is 3. The van der Waals surface area contributed by atoms with Gasteiger partial charge in [-0.1, -0.05) is 6.07 Å². The first-order chi connectivity index (χ1) is 8.29. The second kappa shape index (κ2) is 5.64. The van der Waals surface area contributed by atoms with Crippen molar-refractivity contribution in [3.8, 4) is 0 Å². The molecular weight excluding hydrogens is 212 g/mol. The number of hydrogen-bond donors (Lipinski definition) is 1. The van der Waals surface area contributed by atoms with E-state index in [9.17, 15) is 0 Å². The van der Waals surface area contributed by atoms with Gasteiger partial charge in [0.25, 0.3) is 0 Å². The number of methoxy groups -OCH3 is 1. The maximum absolute atomic E-state index is 5.07. The second-order valence-electron chi connectivity index (χ2n) is 4.24. The third-order valence-electron chi connectivity index (χ3n) is 2.77. The van der Waals surface area contributed by atoms with E-state index < -0.39 is 0 Å². The zero-order valence-electron chi connectivity index (χ0n) is 10.3. The van der Waals surface area contributed by atoms with E-state index in [1.54, 1.807) is 7.11 Å². The molecule has 0 fully saturated rings. The van der Waals surface area contributed by atoms with E-state index in [1.165, 1.54) is 0 Å². The molecular formula is C14H18N2O. The highest BCUT2D eigenvalue weighted by Gasteiger charge is 2.02. The van der Waals surface area contributed by atoms with Gasteiger partial charge in [-0.2, -0.15) is 0 Å². The van der Waals surface area contributed by atoms with E-state index in [0.29, 0.717) is 6.04 Å². The summed E-state index contributed by atoms with van der Waals surface area (Å²) in [4.78, 5) is 4.30. The number of benzene rings is 1. The molecule has 3 heteroatoms. The minimum atomic E-state index is 0.407. The number of fused-ring (bicyclic) bond motifs is 1. The summed E-state index contributed by atoms with van der Waals surface area (Å²) in [6, 6.07) is 10.7. The van der Waals surface area contributed by atoms with Crippen LogP contribution in [0.3, 0.4) is 0 Å². The minimum Gasteiger partial charge on any atom is -0.385 e. The molecule has 0 aliphatic rings. The average Bonchev–Trinajstić information content (AvgIpc) is 2.36. The Balaban J connectivity index is 2.08. The molecule has 0 saturated carbocycles. The van der Waals surface area contributed by atoms with Crippen LogP contribution in [-0.2, 0) is 4.74 Å². The summed E-state index contributed by atoms with van der Waals surface area (Å²) in [6.45, 7) is 2.94. The molecule has 90 valence electrons. The Bertz CT molecular complexity index is 484. The Morgan fingerprint density at radius 1 is 1.35 bits per heavy atom. The van der Waals surface area contributed by atoms with Gasteiger partial charge in [-0.05, 0) is 37.6 Å². The first-order valence-electron chi connectivity index (χ1n) is 5.90. The third-order valence-corrected chi connectivity index (χ3v) is 2.77. The van der Waals surface area contributed by atoms with Gasteiger partial charge >= 0.3 is 0 Å². The van der Waals surface area contributed by atoms with Crippen LogP contribution in [0.5, 0.6) is 0 Å². The Morgan fingerprint density at radius 2 is 2.24 bits per heavy atom. The minimum absolute atomic E-state index is 0.407. The number of anilines is 1. The van der Waals surface area contributed by atoms with E-state index >= 15 is 0 Å². The molecule has 0 saturated heterocycles. The van der Waals surface area contributed by atoms with E-state index in [-0.39, 0.29) is 0 Å². The van der Waals surface area contributed by atoms with Crippen molar-refractivity contribution < 1.29 is 4.74 Å². The maximum atomic E-state index is 5.07. The highest BCUT2D eigenvalue weighted by atomic mass is 16.5. The summed E-state index contributed by atoms with van der Waals surface area (Å²) in [5, 5.41) is 4.62. The lowest BCUT2D eigenvalue weighted by molar-refractivity contribution is 0.191. The van der Waals surface area contributed by atoms with Crippen LogP contribution in [0.15, 0.2) is 36.5 Å². The lowest BCUT2D eigenvalue weighted by Crippen LogP contribution is -2.17. The van der Waals surface area contributed by atoms with Gasteiger partial charge in [-0.25, -0.2) is 0 Å². The predicted octanol–water partition coefficient (Wildman–Crippen LogP) is 3.07. The van der Waals surface area contributed by atoms with Crippen molar-refractivity contribution in [3.05, 3.63) is 36.5 Å². The number of nitrogens with zero attached hydrogens (tertiary/aromatic N) is 1. The first kappa shape index (κ1) is 11.9. The molecule has 0 aliphatic carbocycles. The fourth-order valence-corrected chi connectivity index (χ4v) is 1.82. The number of ether oxygens (including phenoxy) is 1. The molecule has 2 rings (SSSR count). The zero-order valence-corrected chi connectivity index (χ0v) is 10.3. The molecule has 1 N–H and O–H groups in total. The Morgan fingerprint density at radius 3 is 3.06 bits per heavy atom. The van der Waals surface area contributed by atoms with Crippen molar-refractivity contribution >= 4 is 16.6 Å². The van der Waals surface area contributed by atoms with E-state index in [1.807, 2.05) is 18.3 Å². The fourth-order valence-electron chi connectivity index (χ4n) is 1.82. The van der Waals surface area contributed by atoms with Crippen LogP contribution in [0.25, 0.3) is 10.9 Å². The summed E-state index contributed by atoms with van der Waals surface area (Å²) in [5.74, 6) is 0. The number of pyridine rings is 1. The smallest absolute Gasteiger partial charge is 0.0703 e.